The molecule has 0 spiro atoms. The van der Waals surface area contributed by atoms with Crippen LogP contribution in [0.2, 0.25) is 0 Å². The van der Waals surface area contributed by atoms with E-state index < -0.39 is 0 Å². The summed E-state index contributed by atoms with van der Waals surface area (Å²) >= 11 is 3.02. The van der Waals surface area contributed by atoms with Crippen LogP contribution < -0.4 is 5.56 Å². The van der Waals surface area contributed by atoms with Gasteiger partial charge in [0, 0.05) is 24.5 Å². The quantitative estimate of drug-likeness (QED) is 0.371. The second-order valence-electron chi connectivity index (χ2n) is 8.91. The molecule has 3 heterocycles. The largest absolute Gasteiger partial charge is 0.342 e. The molecule has 2 aromatic heterocycles. The van der Waals surface area contributed by atoms with Crippen molar-refractivity contribution in [3.8, 4) is 0 Å². The van der Waals surface area contributed by atoms with Gasteiger partial charge in [0.15, 0.2) is 5.16 Å². The van der Waals surface area contributed by atoms with Crippen molar-refractivity contribution in [3.63, 3.8) is 0 Å². The molecule has 2 aliphatic rings. The Labute approximate surface area is 201 Å². The number of thiophene rings is 1. The third-order valence-corrected chi connectivity index (χ3v) is 8.89. The number of halogens is 1. The second kappa shape index (κ2) is 9.58. The summed E-state index contributed by atoms with van der Waals surface area (Å²) in [4.78, 5) is 35.6. The van der Waals surface area contributed by atoms with Crippen molar-refractivity contribution in [3.05, 3.63) is 56.4 Å². The number of hydrogen-bond donors (Lipinski definition) is 0. The Balaban J connectivity index is 1.50. The molecular weight excluding hydrogens is 457 g/mol. The van der Waals surface area contributed by atoms with Gasteiger partial charge in [0.1, 0.15) is 10.6 Å². The fraction of sp³-hybridized carbons (Fsp3) is 0.480. The van der Waals surface area contributed by atoms with Gasteiger partial charge >= 0.3 is 0 Å². The maximum Gasteiger partial charge on any atom is 0.263 e. The zero-order valence-electron chi connectivity index (χ0n) is 18.8. The predicted molar refractivity (Wildman–Crippen MR) is 132 cm³/mol. The third-order valence-electron chi connectivity index (χ3n) is 6.62. The van der Waals surface area contributed by atoms with Crippen LogP contribution in [0.5, 0.6) is 0 Å². The van der Waals surface area contributed by atoms with Gasteiger partial charge in [-0.05, 0) is 75.1 Å². The molecule has 33 heavy (non-hydrogen) atoms. The first-order chi connectivity index (χ1) is 16.0. The number of hydrogen-bond acceptors (Lipinski definition) is 5. The van der Waals surface area contributed by atoms with Crippen LogP contribution in [-0.2, 0) is 30.6 Å². The van der Waals surface area contributed by atoms with Gasteiger partial charge in [-0.15, -0.1) is 11.3 Å². The summed E-state index contributed by atoms with van der Waals surface area (Å²) in [6.45, 7) is 3.98. The Bertz CT molecular complexity index is 1230. The smallest absolute Gasteiger partial charge is 0.263 e. The lowest BCUT2D eigenvalue weighted by Gasteiger charge is -2.21. The van der Waals surface area contributed by atoms with E-state index in [0.29, 0.717) is 18.1 Å². The summed E-state index contributed by atoms with van der Waals surface area (Å²) in [5.41, 5.74) is 2.13. The summed E-state index contributed by atoms with van der Waals surface area (Å²) in [7, 11) is 0. The van der Waals surface area contributed by atoms with E-state index in [1.807, 2.05) is 11.8 Å². The SMILES string of the molecule is CC(Sc1nc2sc3c(c2c(=O)n1CCc1ccc(F)cc1)CCCC3)C(=O)N1CCCC1. The number of aromatic nitrogens is 2. The van der Waals surface area contributed by atoms with Gasteiger partial charge in [0.05, 0.1) is 10.6 Å². The second-order valence-corrected chi connectivity index (χ2v) is 11.3. The molecule has 1 aromatic carbocycles. The molecule has 5 rings (SSSR count). The number of thioether (sulfide) groups is 1. The molecule has 0 bridgehead atoms. The van der Waals surface area contributed by atoms with Crippen LogP contribution in [0.1, 0.15) is 48.6 Å². The van der Waals surface area contributed by atoms with Crippen molar-refractivity contribution < 1.29 is 9.18 Å². The lowest BCUT2D eigenvalue weighted by atomic mass is 9.97. The normalized spacial score (nSPS) is 16.8. The highest BCUT2D eigenvalue weighted by Gasteiger charge is 2.27. The number of likely N-dealkylation sites (tertiary alicyclic amines) is 1. The summed E-state index contributed by atoms with van der Waals surface area (Å²) in [5, 5.41) is 1.06. The molecule has 0 saturated carbocycles. The van der Waals surface area contributed by atoms with E-state index in [0.717, 1.165) is 67.4 Å². The molecule has 1 fully saturated rings. The number of carbonyl (C=O) groups is 1. The zero-order chi connectivity index (χ0) is 22.9. The van der Waals surface area contributed by atoms with Gasteiger partial charge in [-0.1, -0.05) is 23.9 Å². The first-order valence-corrected chi connectivity index (χ1v) is 13.5. The number of carbonyl (C=O) groups excluding carboxylic acids is 1. The van der Waals surface area contributed by atoms with Gasteiger partial charge in [0.2, 0.25) is 5.91 Å². The van der Waals surface area contributed by atoms with Crippen LogP contribution in [0.25, 0.3) is 10.2 Å². The Morgan fingerprint density at radius 1 is 1.15 bits per heavy atom. The van der Waals surface area contributed by atoms with E-state index in [1.54, 1.807) is 28.0 Å². The first-order valence-electron chi connectivity index (χ1n) is 11.8. The fourth-order valence-electron chi connectivity index (χ4n) is 4.80. The number of rotatable bonds is 6. The van der Waals surface area contributed by atoms with Gasteiger partial charge in [-0.3, -0.25) is 14.2 Å². The van der Waals surface area contributed by atoms with Crippen LogP contribution in [0, 0.1) is 5.82 Å². The number of aryl methyl sites for hydroxylation is 3. The predicted octanol–water partition coefficient (Wildman–Crippen LogP) is 4.82. The minimum atomic E-state index is -0.306. The molecule has 1 saturated heterocycles. The molecule has 1 atom stereocenters. The van der Waals surface area contributed by atoms with Crippen molar-refractivity contribution in [1.82, 2.24) is 14.5 Å². The van der Waals surface area contributed by atoms with Crippen LogP contribution in [0.4, 0.5) is 4.39 Å². The van der Waals surface area contributed by atoms with Crippen molar-refractivity contribution in [2.75, 3.05) is 13.1 Å². The molecule has 174 valence electrons. The monoisotopic (exact) mass is 485 g/mol. The standard InChI is InChI=1S/C25H28FN3O2S2/c1-16(23(30)28-13-4-5-14-28)32-25-27-22-21(19-6-2-3-7-20(19)33-22)24(31)29(25)15-12-17-8-10-18(26)11-9-17/h8-11,16H,2-7,12-15H2,1H3. The average molecular weight is 486 g/mol. The lowest BCUT2D eigenvalue weighted by Crippen LogP contribution is -2.34. The lowest BCUT2D eigenvalue weighted by molar-refractivity contribution is -0.129. The van der Waals surface area contributed by atoms with Crippen molar-refractivity contribution in [2.24, 2.45) is 0 Å². The summed E-state index contributed by atoms with van der Waals surface area (Å²) < 4.78 is 15.1. The van der Waals surface area contributed by atoms with E-state index in [-0.39, 0.29) is 22.5 Å². The topological polar surface area (TPSA) is 55.2 Å². The Morgan fingerprint density at radius 2 is 1.88 bits per heavy atom. The van der Waals surface area contributed by atoms with E-state index >= 15 is 0 Å². The van der Waals surface area contributed by atoms with E-state index in [4.69, 9.17) is 4.98 Å². The van der Waals surface area contributed by atoms with E-state index in [1.165, 1.54) is 34.3 Å². The molecule has 1 aliphatic heterocycles. The molecule has 1 aliphatic carbocycles. The van der Waals surface area contributed by atoms with Crippen molar-refractivity contribution >= 4 is 39.2 Å². The first kappa shape index (κ1) is 22.6. The minimum Gasteiger partial charge on any atom is -0.342 e. The van der Waals surface area contributed by atoms with Crippen LogP contribution in [0.15, 0.2) is 34.2 Å². The van der Waals surface area contributed by atoms with Crippen LogP contribution in [-0.4, -0.2) is 38.7 Å². The van der Waals surface area contributed by atoms with Gasteiger partial charge in [-0.25, -0.2) is 9.37 Å². The number of nitrogens with zero attached hydrogens (tertiary/aromatic N) is 3. The molecule has 0 radical (unpaired) electrons. The summed E-state index contributed by atoms with van der Waals surface area (Å²) in [5.74, 6) is -0.156. The molecule has 3 aromatic rings. The zero-order valence-corrected chi connectivity index (χ0v) is 20.4. The van der Waals surface area contributed by atoms with Gasteiger partial charge in [-0.2, -0.15) is 0 Å². The summed E-state index contributed by atoms with van der Waals surface area (Å²) in [6, 6.07) is 6.40. The molecule has 5 nitrogen and oxygen atoms in total. The highest BCUT2D eigenvalue weighted by Crippen LogP contribution is 2.35. The van der Waals surface area contributed by atoms with Crippen LogP contribution >= 0.6 is 23.1 Å². The van der Waals surface area contributed by atoms with Crippen molar-refractivity contribution in [1.29, 1.82) is 0 Å². The third kappa shape index (κ3) is 4.60. The Kier molecular flexibility index (Phi) is 6.56. The van der Waals surface area contributed by atoms with Gasteiger partial charge in [0.25, 0.3) is 5.56 Å². The van der Waals surface area contributed by atoms with Crippen LogP contribution in [0.3, 0.4) is 0 Å². The molecule has 8 heteroatoms. The molecular formula is C25H28FN3O2S2. The highest BCUT2D eigenvalue weighted by atomic mass is 32.2. The number of benzene rings is 1. The minimum absolute atomic E-state index is 0.00941. The average Bonchev–Trinajstić information content (AvgIpc) is 3.47. The Hall–Kier alpha value is -2.19. The van der Waals surface area contributed by atoms with E-state index in [9.17, 15) is 14.0 Å². The number of amides is 1. The maximum atomic E-state index is 13.7. The molecule has 1 unspecified atom stereocenters. The van der Waals surface area contributed by atoms with Crippen molar-refractivity contribution in [2.45, 2.75) is 68.8 Å². The summed E-state index contributed by atoms with van der Waals surface area (Å²) in [6.07, 6.45) is 6.90. The highest BCUT2D eigenvalue weighted by molar-refractivity contribution is 8.00. The molecule has 0 N–H and O–H groups in total. The van der Waals surface area contributed by atoms with Gasteiger partial charge < -0.3 is 4.90 Å². The Morgan fingerprint density at radius 3 is 2.64 bits per heavy atom. The number of fused-ring (bicyclic) bond motifs is 3. The fourth-order valence-corrected chi connectivity index (χ4v) is 7.12. The van der Waals surface area contributed by atoms with E-state index in [2.05, 4.69) is 0 Å². The molecule has 1 amide bonds. The maximum absolute atomic E-state index is 13.7.